The Balaban J connectivity index is 2.89. The van der Waals surface area contributed by atoms with Crippen LogP contribution in [0.15, 0.2) is 18.2 Å². The zero-order valence-corrected chi connectivity index (χ0v) is 12.7. The molecule has 0 aromatic heterocycles. The topological polar surface area (TPSA) is 75.3 Å². The summed E-state index contributed by atoms with van der Waals surface area (Å²) in [6, 6.07) is 3.76. The van der Waals surface area contributed by atoms with Gasteiger partial charge < -0.3 is 5.32 Å². The molecule has 0 aliphatic heterocycles. The number of hydrogen-bond donors (Lipinski definition) is 2. The lowest BCUT2D eigenvalue weighted by molar-refractivity contribution is -0.124. The SMILES string of the molecule is CC(C)C(=O)NC(C)c1ccc(NS(C)(=O)=O)c(F)c1. The number of carbonyl (C=O) groups is 1. The molecule has 112 valence electrons. The number of anilines is 1. The van der Waals surface area contributed by atoms with Gasteiger partial charge in [-0.25, -0.2) is 12.8 Å². The second kappa shape index (κ2) is 6.21. The first kappa shape index (κ1) is 16.4. The van der Waals surface area contributed by atoms with Crippen molar-refractivity contribution in [3.63, 3.8) is 0 Å². The number of benzene rings is 1. The predicted molar refractivity (Wildman–Crippen MR) is 76.3 cm³/mol. The van der Waals surface area contributed by atoms with Crippen LogP contribution in [0.1, 0.15) is 32.4 Å². The summed E-state index contributed by atoms with van der Waals surface area (Å²) >= 11 is 0. The monoisotopic (exact) mass is 302 g/mol. The van der Waals surface area contributed by atoms with E-state index in [0.717, 1.165) is 6.26 Å². The summed E-state index contributed by atoms with van der Waals surface area (Å²) in [6.45, 7) is 5.27. The van der Waals surface area contributed by atoms with Crippen molar-refractivity contribution in [3.8, 4) is 0 Å². The van der Waals surface area contributed by atoms with Crippen LogP contribution in [-0.2, 0) is 14.8 Å². The van der Waals surface area contributed by atoms with Crippen LogP contribution < -0.4 is 10.0 Å². The van der Waals surface area contributed by atoms with Crippen LogP contribution in [0.25, 0.3) is 0 Å². The third kappa shape index (κ3) is 4.80. The normalized spacial score (nSPS) is 13.1. The molecule has 0 aliphatic carbocycles. The molecule has 1 aromatic rings. The zero-order chi connectivity index (χ0) is 15.5. The standard InChI is InChI=1S/C13H19FN2O3S/c1-8(2)13(17)15-9(3)10-5-6-12(11(14)7-10)16-20(4,18)19/h5-9,16H,1-4H3,(H,15,17). The third-order valence-corrected chi connectivity index (χ3v) is 3.26. The Hall–Kier alpha value is -1.63. The van der Waals surface area contributed by atoms with Gasteiger partial charge in [0.1, 0.15) is 5.82 Å². The fraction of sp³-hybridized carbons (Fsp3) is 0.462. The van der Waals surface area contributed by atoms with Crippen molar-refractivity contribution in [1.29, 1.82) is 0 Å². The molecule has 20 heavy (non-hydrogen) atoms. The third-order valence-electron chi connectivity index (χ3n) is 2.67. The summed E-state index contributed by atoms with van der Waals surface area (Å²) < 4.78 is 38.0. The lowest BCUT2D eigenvalue weighted by Crippen LogP contribution is -2.30. The second-order valence-electron chi connectivity index (χ2n) is 5.00. The first-order valence-electron chi connectivity index (χ1n) is 6.17. The molecule has 2 N–H and O–H groups in total. The van der Waals surface area contributed by atoms with E-state index < -0.39 is 15.8 Å². The molecule has 1 unspecified atom stereocenters. The van der Waals surface area contributed by atoms with Crippen LogP contribution >= 0.6 is 0 Å². The van der Waals surface area contributed by atoms with Gasteiger partial charge in [0, 0.05) is 5.92 Å². The van der Waals surface area contributed by atoms with Gasteiger partial charge in [0.25, 0.3) is 0 Å². The molecular weight excluding hydrogens is 283 g/mol. The van der Waals surface area contributed by atoms with Crippen molar-refractivity contribution in [1.82, 2.24) is 5.32 Å². The molecule has 1 rings (SSSR count). The van der Waals surface area contributed by atoms with Gasteiger partial charge in [0.2, 0.25) is 15.9 Å². The molecule has 0 saturated heterocycles. The molecule has 0 radical (unpaired) electrons. The van der Waals surface area contributed by atoms with Crippen molar-refractivity contribution < 1.29 is 17.6 Å². The summed E-state index contributed by atoms with van der Waals surface area (Å²) in [5, 5.41) is 2.75. The minimum atomic E-state index is -3.52. The molecule has 0 saturated carbocycles. The van der Waals surface area contributed by atoms with Crippen LogP contribution in [0, 0.1) is 11.7 Å². The number of hydrogen-bond acceptors (Lipinski definition) is 3. The molecule has 0 fully saturated rings. The first-order valence-corrected chi connectivity index (χ1v) is 8.07. The minimum Gasteiger partial charge on any atom is -0.349 e. The molecule has 5 nitrogen and oxygen atoms in total. The number of amides is 1. The fourth-order valence-electron chi connectivity index (χ4n) is 1.55. The second-order valence-corrected chi connectivity index (χ2v) is 6.75. The van der Waals surface area contributed by atoms with E-state index in [2.05, 4.69) is 10.0 Å². The van der Waals surface area contributed by atoms with Crippen LogP contribution in [0.3, 0.4) is 0 Å². The largest absolute Gasteiger partial charge is 0.349 e. The van der Waals surface area contributed by atoms with Gasteiger partial charge >= 0.3 is 0 Å². The van der Waals surface area contributed by atoms with Crippen LogP contribution in [0.2, 0.25) is 0 Å². The molecule has 0 bridgehead atoms. The Morgan fingerprint density at radius 3 is 2.30 bits per heavy atom. The highest BCUT2D eigenvalue weighted by molar-refractivity contribution is 7.92. The summed E-state index contributed by atoms with van der Waals surface area (Å²) in [5.74, 6) is -0.969. The van der Waals surface area contributed by atoms with Gasteiger partial charge in [-0.2, -0.15) is 0 Å². The van der Waals surface area contributed by atoms with Crippen molar-refractivity contribution in [3.05, 3.63) is 29.6 Å². The Morgan fingerprint density at radius 1 is 1.25 bits per heavy atom. The van der Waals surface area contributed by atoms with Gasteiger partial charge in [-0.1, -0.05) is 19.9 Å². The quantitative estimate of drug-likeness (QED) is 0.874. The van der Waals surface area contributed by atoms with Gasteiger partial charge in [0.15, 0.2) is 0 Å². The van der Waals surface area contributed by atoms with Gasteiger partial charge in [-0.15, -0.1) is 0 Å². The average Bonchev–Trinajstić information content (AvgIpc) is 2.29. The highest BCUT2D eigenvalue weighted by atomic mass is 32.2. The molecule has 0 heterocycles. The van der Waals surface area contributed by atoms with E-state index in [1.807, 2.05) is 0 Å². The summed E-state index contributed by atoms with van der Waals surface area (Å²) in [6.07, 6.45) is 0.950. The van der Waals surface area contributed by atoms with Gasteiger partial charge in [-0.3, -0.25) is 9.52 Å². The van der Waals surface area contributed by atoms with Crippen molar-refractivity contribution in [2.75, 3.05) is 11.0 Å². The molecule has 1 atom stereocenters. The highest BCUT2D eigenvalue weighted by Crippen LogP contribution is 2.21. The van der Waals surface area contributed by atoms with E-state index >= 15 is 0 Å². The lowest BCUT2D eigenvalue weighted by Gasteiger charge is -2.17. The lowest BCUT2D eigenvalue weighted by atomic mass is 10.1. The maximum atomic E-state index is 13.8. The molecular formula is C13H19FN2O3S. The highest BCUT2D eigenvalue weighted by Gasteiger charge is 2.15. The van der Waals surface area contributed by atoms with Gasteiger partial charge in [-0.05, 0) is 24.6 Å². The van der Waals surface area contributed by atoms with E-state index in [1.54, 1.807) is 26.8 Å². The Morgan fingerprint density at radius 2 is 1.85 bits per heavy atom. The van der Waals surface area contributed by atoms with E-state index in [9.17, 15) is 17.6 Å². The molecule has 7 heteroatoms. The number of halogens is 1. The molecule has 0 aliphatic rings. The van der Waals surface area contributed by atoms with Crippen molar-refractivity contribution in [2.45, 2.75) is 26.8 Å². The van der Waals surface area contributed by atoms with Crippen molar-refractivity contribution in [2.24, 2.45) is 5.92 Å². The van der Waals surface area contributed by atoms with Crippen LogP contribution in [0.5, 0.6) is 0 Å². The maximum absolute atomic E-state index is 13.8. The van der Waals surface area contributed by atoms with E-state index in [4.69, 9.17) is 0 Å². The number of rotatable bonds is 5. The summed E-state index contributed by atoms with van der Waals surface area (Å²) in [4.78, 5) is 11.6. The molecule has 1 aromatic carbocycles. The molecule has 0 spiro atoms. The van der Waals surface area contributed by atoms with E-state index in [0.29, 0.717) is 5.56 Å². The Bertz CT molecular complexity index is 600. The van der Waals surface area contributed by atoms with Gasteiger partial charge in [0.05, 0.1) is 18.0 Å². The number of nitrogens with one attached hydrogen (secondary N) is 2. The number of carbonyl (C=O) groups excluding carboxylic acids is 1. The zero-order valence-electron chi connectivity index (χ0n) is 11.9. The minimum absolute atomic E-state index is 0.112. The smallest absolute Gasteiger partial charge is 0.229 e. The Kier molecular flexibility index (Phi) is 5.10. The summed E-state index contributed by atoms with van der Waals surface area (Å²) in [7, 11) is -3.52. The predicted octanol–water partition coefficient (Wildman–Crippen LogP) is 2.03. The first-order chi connectivity index (χ1) is 9.10. The average molecular weight is 302 g/mol. The van der Waals surface area contributed by atoms with E-state index in [-0.39, 0.29) is 23.6 Å². The van der Waals surface area contributed by atoms with E-state index in [1.165, 1.54) is 12.1 Å². The van der Waals surface area contributed by atoms with Crippen LogP contribution in [0.4, 0.5) is 10.1 Å². The summed E-state index contributed by atoms with van der Waals surface area (Å²) in [5.41, 5.74) is 0.453. The Labute approximate surface area is 118 Å². The van der Waals surface area contributed by atoms with Crippen LogP contribution in [-0.4, -0.2) is 20.6 Å². The number of sulfonamides is 1. The fourth-order valence-corrected chi connectivity index (χ4v) is 2.11. The van der Waals surface area contributed by atoms with Crippen molar-refractivity contribution >= 4 is 21.6 Å². The maximum Gasteiger partial charge on any atom is 0.229 e. The molecule has 1 amide bonds.